The van der Waals surface area contributed by atoms with E-state index in [2.05, 4.69) is 60.6 Å². The van der Waals surface area contributed by atoms with Gasteiger partial charge < -0.3 is 14.6 Å². The number of benzene rings is 2. The molecule has 31 heavy (non-hydrogen) atoms. The number of carbonyl (C=O) groups is 1. The number of methoxy groups -OCH3 is 1. The molecule has 1 N–H and O–H groups in total. The van der Waals surface area contributed by atoms with Crippen LogP contribution in [0.2, 0.25) is 0 Å². The van der Waals surface area contributed by atoms with Crippen LogP contribution in [0.4, 0.5) is 0 Å². The molecule has 0 heterocycles. The summed E-state index contributed by atoms with van der Waals surface area (Å²) in [5.41, 5.74) is 4.84. The summed E-state index contributed by atoms with van der Waals surface area (Å²) in [6.07, 6.45) is 3.64. The molecule has 0 fully saturated rings. The molecular formula is C27H36O4. The monoisotopic (exact) mass is 424 g/mol. The van der Waals surface area contributed by atoms with Crippen LogP contribution >= 0.6 is 0 Å². The smallest absolute Gasteiger partial charge is 0.328 e. The Labute approximate surface area is 186 Å². The molecule has 4 heteroatoms. The van der Waals surface area contributed by atoms with Crippen molar-refractivity contribution in [1.29, 1.82) is 0 Å². The van der Waals surface area contributed by atoms with Crippen molar-refractivity contribution in [3.63, 3.8) is 0 Å². The minimum Gasteiger partial charge on any atom is -0.496 e. The van der Waals surface area contributed by atoms with E-state index in [4.69, 9.17) is 14.6 Å². The van der Waals surface area contributed by atoms with Gasteiger partial charge in [-0.15, -0.1) is 0 Å². The van der Waals surface area contributed by atoms with Crippen molar-refractivity contribution < 1.29 is 19.4 Å². The first-order valence-corrected chi connectivity index (χ1v) is 10.8. The van der Waals surface area contributed by atoms with Crippen LogP contribution in [0.3, 0.4) is 0 Å². The minimum atomic E-state index is -0.978. The summed E-state index contributed by atoms with van der Waals surface area (Å²) in [4.78, 5) is 11.0. The number of carboxylic acids is 1. The Morgan fingerprint density at radius 2 is 1.68 bits per heavy atom. The zero-order chi connectivity index (χ0) is 23.4. The predicted octanol–water partition coefficient (Wildman–Crippen LogP) is 6.84. The Bertz CT molecular complexity index is 956. The van der Waals surface area contributed by atoms with E-state index in [-0.39, 0.29) is 10.8 Å². The Balaban J connectivity index is 2.90. The van der Waals surface area contributed by atoms with Gasteiger partial charge in [0.05, 0.1) is 13.7 Å². The van der Waals surface area contributed by atoms with Crippen molar-refractivity contribution in [2.45, 2.75) is 65.7 Å². The molecule has 0 aliphatic carbocycles. The molecule has 0 amide bonds. The molecule has 4 nitrogen and oxygen atoms in total. The Hall–Kier alpha value is -2.75. The topological polar surface area (TPSA) is 55.8 Å². The predicted molar refractivity (Wildman–Crippen MR) is 128 cm³/mol. The fraction of sp³-hybridized carbons (Fsp3) is 0.444. The van der Waals surface area contributed by atoms with Crippen molar-refractivity contribution in [3.05, 3.63) is 53.1 Å². The Morgan fingerprint density at radius 3 is 2.19 bits per heavy atom. The summed E-state index contributed by atoms with van der Waals surface area (Å²) in [6, 6.07) is 10.1. The third-order valence-corrected chi connectivity index (χ3v) is 5.15. The Morgan fingerprint density at radius 1 is 1.00 bits per heavy atom. The van der Waals surface area contributed by atoms with Crippen LogP contribution in [-0.2, 0) is 15.6 Å². The fourth-order valence-corrected chi connectivity index (χ4v) is 3.39. The molecular weight excluding hydrogens is 388 g/mol. The lowest BCUT2D eigenvalue weighted by Crippen LogP contribution is -2.19. The highest BCUT2D eigenvalue weighted by Crippen LogP contribution is 2.45. The van der Waals surface area contributed by atoms with Crippen LogP contribution in [0.15, 0.2) is 36.4 Å². The van der Waals surface area contributed by atoms with Gasteiger partial charge in [0.15, 0.2) is 0 Å². The molecule has 168 valence electrons. The number of aliphatic carboxylic acids is 1. The molecule has 0 bridgehead atoms. The number of hydrogen-bond donors (Lipinski definition) is 1. The van der Waals surface area contributed by atoms with E-state index in [0.717, 1.165) is 46.2 Å². The van der Waals surface area contributed by atoms with E-state index in [1.807, 2.05) is 18.2 Å². The van der Waals surface area contributed by atoms with Gasteiger partial charge in [0.1, 0.15) is 11.5 Å². The number of ether oxygens (including phenoxy) is 2. The lowest BCUT2D eigenvalue weighted by Gasteiger charge is -2.30. The van der Waals surface area contributed by atoms with Crippen molar-refractivity contribution >= 4 is 12.0 Å². The van der Waals surface area contributed by atoms with Crippen molar-refractivity contribution in [2.75, 3.05) is 13.7 Å². The summed E-state index contributed by atoms with van der Waals surface area (Å²) >= 11 is 0. The van der Waals surface area contributed by atoms with Gasteiger partial charge in [-0.25, -0.2) is 4.79 Å². The molecule has 2 rings (SSSR count). The molecule has 0 aliphatic rings. The summed E-state index contributed by atoms with van der Waals surface area (Å²) in [5.74, 6) is 0.605. The van der Waals surface area contributed by atoms with E-state index in [1.54, 1.807) is 13.2 Å². The SMILES string of the molecule is CCCOc1c(-c2cc(C=CC(=O)O)ccc2OC)cc(C(C)(C)C)cc1C(C)(C)C. The molecule has 0 saturated carbocycles. The highest BCUT2D eigenvalue weighted by atomic mass is 16.5. The summed E-state index contributed by atoms with van der Waals surface area (Å²) < 4.78 is 12.0. The fourth-order valence-electron chi connectivity index (χ4n) is 3.39. The molecule has 0 spiro atoms. The van der Waals surface area contributed by atoms with Gasteiger partial charge in [-0.05, 0) is 52.7 Å². The van der Waals surface area contributed by atoms with Crippen molar-refractivity contribution in [1.82, 2.24) is 0 Å². The first kappa shape index (κ1) is 24.5. The summed E-state index contributed by atoms with van der Waals surface area (Å²) in [5, 5.41) is 9.02. The third-order valence-electron chi connectivity index (χ3n) is 5.15. The number of hydrogen-bond acceptors (Lipinski definition) is 3. The van der Waals surface area contributed by atoms with Gasteiger partial charge in [0, 0.05) is 22.8 Å². The highest BCUT2D eigenvalue weighted by molar-refractivity contribution is 5.86. The lowest BCUT2D eigenvalue weighted by atomic mass is 9.78. The van der Waals surface area contributed by atoms with Gasteiger partial charge in [0.2, 0.25) is 0 Å². The first-order valence-electron chi connectivity index (χ1n) is 10.8. The second-order valence-corrected chi connectivity index (χ2v) is 9.88. The van der Waals surface area contributed by atoms with Gasteiger partial charge in [0.25, 0.3) is 0 Å². The molecule has 0 atom stereocenters. The standard InChI is InChI=1S/C27H36O4/c1-9-14-31-25-21(16-19(26(2,3)4)17-22(25)27(5,6)7)20-15-18(11-13-24(28)29)10-12-23(20)30-8/h10-13,15-17H,9,14H2,1-8H3,(H,28,29). The molecule has 0 aromatic heterocycles. The largest absolute Gasteiger partial charge is 0.496 e. The molecule has 2 aromatic carbocycles. The Kier molecular flexibility index (Phi) is 7.58. The third kappa shape index (κ3) is 6.13. The maximum absolute atomic E-state index is 11.0. The van der Waals surface area contributed by atoms with Gasteiger partial charge in [-0.3, -0.25) is 0 Å². The van der Waals surface area contributed by atoms with Gasteiger partial charge >= 0.3 is 5.97 Å². The first-order chi connectivity index (χ1) is 14.4. The van der Waals surface area contributed by atoms with Crippen molar-refractivity contribution in [3.8, 4) is 22.6 Å². The van der Waals surface area contributed by atoms with E-state index in [9.17, 15) is 4.79 Å². The van der Waals surface area contributed by atoms with Crippen LogP contribution in [0.1, 0.15) is 71.6 Å². The molecule has 0 saturated heterocycles. The average molecular weight is 425 g/mol. The van der Waals surface area contributed by atoms with Crippen LogP contribution in [0.5, 0.6) is 11.5 Å². The highest BCUT2D eigenvalue weighted by Gasteiger charge is 2.27. The zero-order valence-electron chi connectivity index (χ0n) is 20.1. The van der Waals surface area contributed by atoms with E-state index >= 15 is 0 Å². The minimum absolute atomic E-state index is 0.0495. The second-order valence-electron chi connectivity index (χ2n) is 9.88. The van der Waals surface area contributed by atoms with Gasteiger partial charge in [-0.1, -0.05) is 60.6 Å². The van der Waals surface area contributed by atoms with Crippen LogP contribution in [-0.4, -0.2) is 24.8 Å². The summed E-state index contributed by atoms with van der Waals surface area (Å²) in [7, 11) is 1.65. The quantitative estimate of drug-likeness (QED) is 0.494. The zero-order valence-corrected chi connectivity index (χ0v) is 20.1. The number of rotatable bonds is 7. The maximum atomic E-state index is 11.0. The molecule has 0 aliphatic heterocycles. The maximum Gasteiger partial charge on any atom is 0.328 e. The van der Waals surface area contributed by atoms with E-state index < -0.39 is 5.97 Å². The molecule has 0 unspecified atom stereocenters. The lowest BCUT2D eigenvalue weighted by molar-refractivity contribution is -0.131. The second kappa shape index (κ2) is 9.59. The summed E-state index contributed by atoms with van der Waals surface area (Å²) in [6.45, 7) is 15.9. The van der Waals surface area contributed by atoms with E-state index in [1.165, 1.54) is 5.56 Å². The molecule has 2 aromatic rings. The molecule has 0 radical (unpaired) electrons. The number of carboxylic acid groups (broad SMARTS) is 1. The van der Waals surface area contributed by atoms with Crippen molar-refractivity contribution in [2.24, 2.45) is 0 Å². The normalized spacial score (nSPS) is 12.3. The van der Waals surface area contributed by atoms with E-state index in [0.29, 0.717) is 6.61 Å². The van der Waals surface area contributed by atoms with Gasteiger partial charge in [-0.2, -0.15) is 0 Å². The van der Waals surface area contributed by atoms with Crippen LogP contribution in [0, 0.1) is 0 Å². The van der Waals surface area contributed by atoms with Crippen LogP contribution in [0.25, 0.3) is 17.2 Å². The van der Waals surface area contributed by atoms with Crippen LogP contribution < -0.4 is 9.47 Å². The average Bonchev–Trinajstić information content (AvgIpc) is 2.68.